The Morgan fingerprint density at radius 3 is 2.50 bits per heavy atom. The van der Waals surface area contributed by atoms with E-state index in [0.29, 0.717) is 12.5 Å². The number of amides is 1. The normalized spacial score (nSPS) is 20.2. The number of hydrogen-bond donors (Lipinski definition) is 1. The summed E-state index contributed by atoms with van der Waals surface area (Å²) >= 11 is 5.46. The summed E-state index contributed by atoms with van der Waals surface area (Å²) < 4.78 is 55.2. The van der Waals surface area contributed by atoms with Gasteiger partial charge in [0, 0.05) is 25.6 Å². The number of ketones is 1. The van der Waals surface area contributed by atoms with Crippen LogP contribution < -0.4 is 15.3 Å². The third-order valence-corrected chi connectivity index (χ3v) is 6.02. The van der Waals surface area contributed by atoms with Crippen molar-refractivity contribution in [1.29, 1.82) is 5.26 Å². The molecular formula is C22H16F4N4O3S. The number of nitrogens with one attached hydrogen (secondary N) is 1. The summed E-state index contributed by atoms with van der Waals surface area (Å²) in [5.74, 6) is -1.91. The monoisotopic (exact) mass is 492 g/mol. The summed E-state index contributed by atoms with van der Waals surface area (Å²) in [5, 5.41) is 12.1. The molecule has 34 heavy (non-hydrogen) atoms. The van der Waals surface area contributed by atoms with Gasteiger partial charge in [-0.1, -0.05) is 0 Å². The summed E-state index contributed by atoms with van der Waals surface area (Å²) in [7, 11) is 1.34. The molecule has 1 N–H and O–H groups in total. The second-order valence-corrected chi connectivity index (χ2v) is 8.01. The minimum absolute atomic E-state index is 0.0950. The van der Waals surface area contributed by atoms with Gasteiger partial charge in [0.05, 0.1) is 28.4 Å². The highest BCUT2D eigenvalue weighted by Crippen LogP contribution is 2.45. The molecule has 4 rings (SSSR count). The summed E-state index contributed by atoms with van der Waals surface area (Å²) in [5.41, 5.74) is -3.74. The van der Waals surface area contributed by atoms with Crippen LogP contribution in [0.15, 0.2) is 36.4 Å². The van der Waals surface area contributed by atoms with Crippen molar-refractivity contribution in [3.63, 3.8) is 0 Å². The van der Waals surface area contributed by atoms with Gasteiger partial charge in [-0.05, 0) is 55.0 Å². The Morgan fingerprint density at radius 1 is 1.24 bits per heavy atom. The Bertz CT molecular complexity index is 1260. The van der Waals surface area contributed by atoms with E-state index >= 15 is 0 Å². The number of carbonyl (C=O) groups is 2. The van der Waals surface area contributed by atoms with Crippen molar-refractivity contribution in [1.82, 2.24) is 5.32 Å². The van der Waals surface area contributed by atoms with Gasteiger partial charge in [-0.15, -0.1) is 0 Å². The van der Waals surface area contributed by atoms with Crippen molar-refractivity contribution >= 4 is 40.4 Å². The number of benzene rings is 2. The molecule has 0 aromatic heterocycles. The number of nitriles is 1. The fourth-order valence-electron chi connectivity index (χ4n) is 4.07. The molecule has 0 bridgehead atoms. The Hall–Kier alpha value is -3.56. The maximum Gasteiger partial charge on any atom is 0.417 e. The third kappa shape index (κ3) is 3.66. The topological polar surface area (TPSA) is 85.7 Å². The van der Waals surface area contributed by atoms with Crippen LogP contribution in [0.2, 0.25) is 0 Å². The van der Waals surface area contributed by atoms with Gasteiger partial charge in [-0.2, -0.15) is 23.5 Å². The van der Waals surface area contributed by atoms with Crippen molar-refractivity contribution in [2.75, 3.05) is 17.0 Å². The molecule has 1 saturated heterocycles. The first-order valence-electron chi connectivity index (χ1n) is 10.0. The van der Waals surface area contributed by atoms with Gasteiger partial charge in [-0.3, -0.25) is 14.5 Å². The summed E-state index contributed by atoms with van der Waals surface area (Å²) in [6.45, 7) is 0. The summed E-state index contributed by atoms with van der Waals surface area (Å²) in [6.07, 6.45) is -4.11. The van der Waals surface area contributed by atoms with Crippen LogP contribution >= 0.6 is 12.2 Å². The Labute approximate surface area is 196 Å². The van der Waals surface area contributed by atoms with Gasteiger partial charge in [0.2, 0.25) is 10.8 Å². The van der Waals surface area contributed by atoms with Crippen LogP contribution in [0.3, 0.4) is 0 Å². The third-order valence-electron chi connectivity index (χ3n) is 5.67. The van der Waals surface area contributed by atoms with Crippen molar-refractivity contribution in [2.24, 2.45) is 0 Å². The second kappa shape index (κ2) is 8.34. The van der Waals surface area contributed by atoms with Gasteiger partial charge in [0.15, 0.2) is 5.78 Å². The number of nitrogens with zero attached hydrogens (tertiary/aromatic N) is 3. The van der Waals surface area contributed by atoms with Crippen molar-refractivity contribution < 1.29 is 32.0 Å². The Balaban J connectivity index is 1.81. The molecule has 1 aliphatic carbocycles. The van der Waals surface area contributed by atoms with Gasteiger partial charge in [0.1, 0.15) is 5.82 Å². The lowest BCUT2D eigenvalue weighted by atomic mass is 10.1. The molecule has 1 spiro atoms. The number of thiocarbonyl (C=S) groups is 1. The Kier molecular flexibility index (Phi) is 5.79. The molecule has 12 heteroatoms. The molecule has 2 aromatic carbocycles. The molecule has 1 saturated carbocycles. The molecule has 7 nitrogen and oxygen atoms in total. The fraction of sp³-hybridized carbons (Fsp3) is 0.273. The van der Waals surface area contributed by atoms with Crippen molar-refractivity contribution in [3.8, 4) is 6.07 Å². The van der Waals surface area contributed by atoms with E-state index in [2.05, 4.69) is 5.32 Å². The molecule has 1 amide bonds. The van der Waals surface area contributed by atoms with Crippen LogP contribution in [0.5, 0.6) is 0 Å². The number of Topliss-reactive ketones (excluding diaryl/α,β-unsaturated/α-hetero) is 1. The maximum absolute atomic E-state index is 14.7. The van der Waals surface area contributed by atoms with Gasteiger partial charge in [0.25, 0.3) is 5.91 Å². The maximum atomic E-state index is 14.7. The molecule has 176 valence electrons. The van der Waals surface area contributed by atoms with Crippen molar-refractivity contribution in [3.05, 3.63) is 58.9 Å². The number of carbonyl (C=O) groups excluding carboxylic acids is 2. The number of anilines is 2. The van der Waals surface area contributed by atoms with Crippen LogP contribution in [0, 0.1) is 17.1 Å². The van der Waals surface area contributed by atoms with E-state index in [-0.39, 0.29) is 40.7 Å². The summed E-state index contributed by atoms with van der Waals surface area (Å²) in [6, 6.07) is 7.99. The molecule has 1 atom stereocenters. The number of hydroxylamine groups is 1. The molecule has 0 radical (unpaired) electrons. The fourth-order valence-corrected chi connectivity index (χ4v) is 4.46. The number of hydrogen-bond acceptors (Lipinski definition) is 5. The zero-order valence-electron chi connectivity index (χ0n) is 17.6. The van der Waals surface area contributed by atoms with Gasteiger partial charge in [-0.25, -0.2) is 9.23 Å². The zero-order chi connectivity index (χ0) is 24.8. The summed E-state index contributed by atoms with van der Waals surface area (Å²) in [4.78, 5) is 31.9. The molecular weight excluding hydrogens is 476 g/mol. The smallest absolute Gasteiger partial charge is 0.355 e. The first-order valence-corrected chi connectivity index (χ1v) is 10.4. The number of halogens is 4. The molecule has 2 aromatic rings. The van der Waals surface area contributed by atoms with E-state index in [1.165, 1.54) is 36.2 Å². The predicted octanol–water partition coefficient (Wildman–Crippen LogP) is 4.07. The minimum Gasteiger partial charge on any atom is -0.355 e. The van der Waals surface area contributed by atoms with Crippen molar-refractivity contribution in [2.45, 2.75) is 31.2 Å². The highest BCUT2D eigenvalue weighted by Gasteiger charge is 2.58. The van der Waals surface area contributed by atoms with Crippen LogP contribution in [-0.2, 0) is 15.8 Å². The van der Waals surface area contributed by atoms with E-state index in [1.807, 2.05) is 0 Å². The van der Waals surface area contributed by atoms with E-state index in [1.54, 1.807) is 0 Å². The van der Waals surface area contributed by atoms with Crippen LogP contribution in [0.25, 0.3) is 0 Å². The lowest BCUT2D eigenvalue weighted by Crippen LogP contribution is -2.50. The highest BCUT2D eigenvalue weighted by atomic mass is 32.1. The quantitative estimate of drug-likeness (QED) is 0.511. The molecule has 1 heterocycles. The zero-order valence-corrected chi connectivity index (χ0v) is 18.4. The Morgan fingerprint density at radius 2 is 1.94 bits per heavy atom. The number of alkyl halides is 3. The first-order chi connectivity index (χ1) is 16.0. The molecule has 1 aliphatic heterocycles. The lowest BCUT2D eigenvalue weighted by molar-refractivity contribution is -0.138. The highest BCUT2D eigenvalue weighted by molar-refractivity contribution is 7.80. The largest absolute Gasteiger partial charge is 0.417 e. The lowest BCUT2D eigenvalue weighted by Gasteiger charge is -2.30. The standard InChI is InChI=1S/C22H16F4N4O3S/c1-28-19(32)15-7-6-13(10-17(15)23)29-20(34)30(33-21(29)8-2-3-18(21)31)14-5-4-12(11-27)16(9-14)22(24,25)26/h4-7,9-10H,2-3,8H2,1H3,(H,28,32). The average Bonchev–Trinajstić information content (AvgIpc) is 3.31. The van der Waals surface area contributed by atoms with Gasteiger partial charge >= 0.3 is 6.18 Å². The first kappa shape index (κ1) is 23.6. The van der Waals surface area contributed by atoms with E-state index in [9.17, 15) is 27.2 Å². The van der Waals surface area contributed by atoms with Crippen LogP contribution in [0.4, 0.5) is 28.9 Å². The SMILES string of the molecule is CNC(=O)c1ccc(N2C(=S)N(c3ccc(C#N)c(C(F)(F)F)c3)OC23CCCC3=O)cc1F. The van der Waals surface area contributed by atoms with E-state index in [0.717, 1.165) is 17.2 Å². The van der Waals surface area contributed by atoms with Crippen LogP contribution in [0.1, 0.15) is 40.7 Å². The van der Waals surface area contributed by atoms with E-state index < -0.39 is 34.8 Å². The van der Waals surface area contributed by atoms with Crippen LogP contribution in [-0.4, -0.2) is 29.6 Å². The number of rotatable bonds is 3. The second-order valence-electron chi connectivity index (χ2n) is 7.65. The minimum atomic E-state index is -4.82. The molecule has 2 aliphatic rings. The van der Waals surface area contributed by atoms with E-state index in [4.69, 9.17) is 22.3 Å². The van der Waals surface area contributed by atoms with Gasteiger partial charge < -0.3 is 5.32 Å². The predicted molar refractivity (Wildman–Crippen MR) is 116 cm³/mol. The average molecular weight is 492 g/mol. The molecule has 1 unspecified atom stereocenters. The molecule has 2 fully saturated rings.